The molecule has 2 aromatic heterocycles. The zero-order valence-electron chi connectivity index (χ0n) is 17.7. The van der Waals surface area contributed by atoms with Crippen LogP contribution in [-0.2, 0) is 11.2 Å². The minimum Gasteiger partial charge on any atom is -0.333 e. The molecular formula is C25H24N4O2S. The Hall–Kier alpha value is -3.06. The van der Waals surface area contributed by atoms with Gasteiger partial charge in [-0.05, 0) is 49.9 Å². The van der Waals surface area contributed by atoms with Gasteiger partial charge in [0.25, 0.3) is 5.56 Å². The van der Waals surface area contributed by atoms with Gasteiger partial charge in [-0.3, -0.25) is 14.2 Å². The molecule has 2 aromatic carbocycles. The van der Waals surface area contributed by atoms with Crippen molar-refractivity contribution in [1.82, 2.24) is 19.4 Å². The number of benzene rings is 2. The molecule has 2 fully saturated rings. The molecule has 6 nitrogen and oxygen atoms in total. The molecule has 4 aromatic rings. The molecule has 32 heavy (non-hydrogen) atoms. The highest BCUT2D eigenvalue weighted by molar-refractivity contribution is 7.18. The van der Waals surface area contributed by atoms with Gasteiger partial charge in [-0.25, -0.2) is 9.97 Å². The van der Waals surface area contributed by atoms with E-state index in [1.54, 1.807) is 11.3 Å². The minimum absolute atomic E-state index is 0.0223. The molecule has 6 rings (SSSR count). The quantitative estimate of drug-likeness (QED) is 0.450. The monoisotopic (exact) mass is 444 g/mol. The summed E-state index contributed by atoms with van der Waals surface area (Å²) in [6.45, 7) is 0.764. The van der Waals surface area contributed by atoms with Gasteiger partial charge in [-0.1, -0.05) is 24.3 Å². The lowest BCUT2D eigenvalue weighted by molar-refractivity contribution is -0.132. The van der Waals surface area contributed by atoms with Crippen molar-refractivity contribution in [2.45, 2.75) is 50.6 Å². The number of aryl methyl sites for hydroxylation is 1. The zero-order chi connectivity index (χ0) is 21.7. The lowest BCUT2D eigenvalue weighted by Crippen LogP contribution is -2.31. The average Bonchev–Trinajstić information content (AvgIpc) is 3.35. The number of thiazole rings is 1. The lowest BCUT2D eigenvalue weighted by Gasteiger charge is -2.23. The molecule has 1 saturated heterocycles. The largest absolute Gasteiger partial charge is 0.333 e. The fourth-order valence-corrected chi connectivity index (χ4v) is 5.91. The number of hydrogen-bond donors (Lipinski definition) is 0. The van der Waals surface area contributed by atoms with Crippen LogP contribution in [0.4, 0.5) is 0 Å². The van der Waals surface area contributed by atoms with Gasteiger partial charge in [-0.15, -0.1) is 11.3 Å². The van der Waals surface area contributed by atoms with E-state index in [9.17, 15) is 9.59 Å². The Balaban J connectivity index is 1.25. The summed E-state index contributed by atoms with van der Waals surface area (Å²) in [5.74, 6) is 0.858. The molecule has 2 aliphatic rings. The van der Waals surface area contributed by atoms with Crippen LogP contribution in [0.15, 0.2) is 53.3 Å². The first-order valence-corrected chi connectivity index (χ1v) is 12.2. The molecule has 0 N–H and O–H groups in total. The van der Waals surface area contributed by atoms with Crippen molar-refractivity contribution >= 4 is 38.4 Å². The Morgan fingerprint density at radius 2 is 1.78 bits per heavy atom. The lowest BCUT2D eigenvalue weighted by atomic mass is 10.2. The predicted molar refractivity (Wildman–Crippen MR) is 126 cm³/mol. The summed E-state index contributed by atoms with van der Waals surface area (Å²) < 4.78 is 3.00. The summed E-state index contributed by atoms with van der Waals surface area (Å²) in [5, 5.41) is 1.68. The molecule has 0 bridgehead atoms. The standard InChI is InChI=1S/C25H24N4O2S/c30-23(28-15-5-9-20(28)24-27-19-8-3-4-10-21(19)32-24)14-13-22-26-18-7-2-1-6-17(18)25(31)29(22)16-11-12-16/h1-4,6-8,10,16,20H,5,9,11-15H2. The fraction of sp³-hybridized carbons (Fsp3) is 0.360. The second kappa shape index (κ2) is 7.81. The Labute approximate surface area is 189 Å². The van der Waals surface area contributed by atoms with Gasteiger partial charge >= 0.3 is 0 Å². The Kier molecular flexibility index (Phi) is 4.79. The molecule has 1 aliphatic carbocycles. The number of fused-ring (bicyclic) bond motifs is 2. The number of carbonyl (C=O) groups is 1. The number of nitrogens with zero attached hydrogens (tertiary/aromatic N) is 4. The van der Waals surface area contributed by atoms with Gasteiger partial charge in [0.15, 0.2) is 0 Å². The third kappa shape index (κ3) is 3.41. The van der Waals surface area contributed by atoms with Crippen LogP contribution in [0.5, 0.6) is 0 Å². The maximum atomic E-state index is 13.3. The summed E-state index contributed by atoms with van der Waals surface area (Å²) in [6.07, 6.45) is 4.80. The van der Waals surface area contributed by atoms with Crippen LogP contribution in [0.2, 0.25) is 0 Å². The molecule has 162 valence electrons. The van der Waals surface area contributed by atoms with E-state index < -0.39 is 0 Å². The van der Waals surface area contributed by atoms with E-state index in [0.29, 0.717) is 23.7 Å². The first-order valence-electron chi connectivity index (χ1n) is 11.3. The number of rotatable bonds is 5. The molecule has 3 heterocycles. The summed E-state index contributed by atoms with van der Waals surface area (Å²) in [4.78, 5) is 37.9. The number of amides is 1. The van der Waals surface area contributed by atoms with Gasteiger partial charge in [0, 0.05) is 25.4 Å². The van der Waals surface area contributed by atoms with Crippen molar-refractivity contribution in [3.63, 3.8) is 0 Å². The number of carbonyl (C=O) groups excluding carboxylic acids is 1. The second-order valence-electron chi connectivity index (χ2n) is 8.72. The van der Waals surface area contributed by atoms with Crippen LogP contribution in [0, 0.1) is 0 Å². The molecule has 7 heteroatoms. The first kappa shape index (κ1) is 19.6. The third-order valence-corrected chi connectivity index (χ3v) is 7.66. The molecule has 1 atom stereocenters. The molecule has 0 radical (unpaired) electrons. The number of hydrogen-bond acceptors (Lipinski definition) is 5. The normalized spacial score (nSPS) is 18.6. The zero-order valence-corrected chi connectivity index (χ0v) is 18.6. The maximum absolute atomic E-state index is 13.3. The van der Waals surface area contributed by atoms with Gasteiger partial charge in [-0.2, -0.15) is 0 Å². The van der Waals surface area contributed by atoms with Crippen molar-refractivity contribution < 1.29 is 4.79 Å². The van der Waals surface area contributed by atoms with Crippen molar-refractivity contribution in [3.8, 4) is 0 Å². The van der Waals surface area contributed by atoms with Crippen LogP contribution in [0.3, 0.4) is 0 Å². The Morgan fingerprint density at radius 1 is 1.00 bits per heavy atom. The van der Waals surface area contributed by atoms with Gasteiger partial charge < -0.3 is 4.90 Å². The highest BCUT2D eigenvalue weighted by atomic mass is 32.1. The van der Waals surface area contributed by atoms with E-state index >= 15 is 0 Å². The molecule has 1 aliphatic heterocycles. The van der Waals surface area contributed by atoms with Crippen molar-refractivity contribution in [3.05, 3.63) is 69.7 Å². The van der Waals surface area contributed by atoms with E-state index in [4.69, 9.17) is 9.97 Å². The maximum Gasteiger partial charge on any atom is 0.261 e. The highest BCUT2D eigenvalue weighted by Crippen LogP contribution is 2.37. The van der Waals surface area contributed by atoms with Crippen molar-refractivity contribution in [1.29, 1.82) is 0 Å². The number of aromatic nitrogens is 3. The first-order chi connectivity index (χ1) is 15.7. The SMILES string of the molecule is O=C(CCc1nc2ccccc2c(=O)n1C1CC1)N1CCCC1c1nc2ccccc2s1. The minimum atomic E-state index is 0.0223. The van der Waals surface area contributed by atoms with E-state index in [0.717, 1.165) is 53.3 Å². The molecular weight excluding hydrogens is 420 g/mol. The van der Waals surface area contributed by atoms with Crippen LogP contribution >= 0.6 is 11.3 Å². The van der Waals surface area contributed by atoms with Crippen molar-refractivity contribution in [2.24, 2.45) is 0 Å². The van der Waals surface area contributed by atoms with Crippen LogP contribution in [0.1, 0.15) is 55.0 Å². The summed E-state index contributed by atoms with van der Waals surface area (Å²) >= 11 is 1.69. The number of likely N-dealkylation sites (tertiary alicyclic amines) is 1. The fourth-order valence-electron chi connectivity index (χ4n) is 4.79. The number of para-hydroxylation sites is 2. The van der Waals surface area contributed by atoms with E-state index in [2.05, 4.69) is 6.07 Å². The highest BCUT2D eigenvalue weighted by Gasteiger charge is 2.33. The van der Waals surface area contributed by atoms with Gasteiger partial charge in [0.2, 0.25) is 5.91 Å². The molecule has 0 spiro atoms. The summed E-state index contributed by atoms with van der Waals surface area (Å²) in [5.41, 5.74) is 1.74. The van der Waals surface area contributed by atoms with E-state index in [-0.39, 0.29) is 23.6 Å². The summed E-state index contributed by atoms with van der Waals surface area (Å²) in [7, 11) is 0. The van der Waals surface area contributed by atoms with E-state index in [1.807, 2.05) is 51.9 Å². The Bertz CT molecular complexity index is 1350. The van der Waals surface area contributed by atoms with Crippen LogP contribution in [0.25, 0.3) is 21.1 Å². The van der Waals surface area contributed by atoms with Crippen LogP contribution < -0.4 is 5.56 Å². The summed E-state index contributed by atoms with van der Waals surface area (Å²) in [6, 6.07) is 15.9. The topological polar surface area (TPSA) is 68.1 Å². The Morgan fingerprint density at radius 3 is 2.59 bits per heavy atom. The smallest absolute Gasteiger partial charge is 0.261 e. The third-order valence-electron chi connectivity index (χ3n) is 6.52. The van der Waals surface area contributed by atoms with Gasteiger partial charge in [0.1, 0.15) is 10.8 Å². The molecule has 1 unspecified atom stereocenters. The van der Waals surface area contributed by atoms with E-state index in [1.165, 1.54) is 0 Å². The van der Waals surface area contributed by atoms with Crippen LogP contribution in [-0.4, -0.2) is 31.9 Å². The van der Waals surface area contributed by atoms with Crippen molar-refractivity contribution in [2.75, 3.05) is 6.54 Å². The van der Waals surface area contributed by atoms with Gasteiger partial charge in [0.05, 0.1) is 27.2 Å². The average molecular weight is 445 g/mol. The second-order valence-corrected chi connectivity index (χ2v) is 9.78. The molecule has 1 saturated carbocycles. The molecule has 1 amide bonds. The predicted octanol–water partition coefficient (Wildman–Crippen LogP) is 4.64.